The molecule has 0 saturated heterocycles. The molecule has 28 heavy (non-hydrogen) atoms. The van der Waals surface area contributed by atoms with E-state index in [4.69, 9.17) is 0 Å². The van der Waals surface area contributed by atoms with Gasteiger partial charge in [-0.1, -0.05) is 115 Å². The molecule has 0 fully saturated rings. The fourth-order valence-corrected chi connectivity index (χ4v) is 4.41. The first-order chi connectivity index (χ1) is 13.7. The quantitative estimate of drug-likeness (QED) is 0.288. The van der Waals surface area contributed by atoms with Gasteiger partial charge in [0.25, 0.3) is 0 Å². The normalized spacial score (nSPS) is 16.5. The second-order valence-electron chi connectivity index (χ2n) is 8.89. The maximum atomic E-state index is 2.57. The van der Waals surface area contributed by atoms with E-state index in [1.165, 1.54) is 82.7 Å². The Hall–Kier alpha value is -1.44. The Kier molecular flexibility index (Phi) is 11.2. The van der Waals surface area contributed by atoms with Gasteiger partial charge in [-0.15, -0.1) is 0 Å². The van der Waals surface area contributed by atoms with E-state index in [2.05, 4.69) is 73.3 Å². The lowest BCUT2D eigenvalue weighted by molar-refractivity contribution is 0.100. The van der Waals surface area contributed by atoms with Crippen molar-refractivity contribution in [2.45, 2.75) is 104 Å². The molecule has 0 bridgehead atoms. The molecule has 0 saturated carbocycles. The van der Waals surface area contributed by atoms with Crippen molar-refractivity contribution in [1.29, 1.82) is 0 Å². The van der Waals surface area contributed by atoms with Gasteiger partial charge in [0.1, 0.15) is 6.17 Å². The Morgan fingerprint density at radius 2 is 1.25 bits per heavy atom. The third-order valence-corrected chi connectivity index (χ3v) is 5.95. The van der Waals surface area contributed by atoms with Crippen molar-refractivity contribution in [3.8, 4) is 0 Å². The molecule has 1 aliphatic rings. The summed E-state index contributed by atoms with van der Waals surface area (Å²) in [5.41, 5.74) is 1.40. The summed E-state index contributed by atoms with van der Waals surface area (Å²) in [4.78, 5) is 5.08. The third-order valence-electron chi connectivity index (χ3n) is 5.95. The van der Waals surface area contributed by atoms with Crippen LogP contribution in [0.3, 0.4) is 0 Å². The van der Waals surface area contributed by atoms with E-state index in [-0.39, 0.29) is 0 Å². The number of rotatable bonds is 15. The smallest absolute Gasteiger partial charge is 0.103 e. The van der Waals surface area contributed by atoms with Crippen LogP contribution in [0.15, 0.2) is 42.7 Å². The summed E-state index contributed by atoms with van der Waals surface area (Å²) >= 11 is 0. The largest absolute Gasteiger partial charge is 0.356 e. The maximum absolute atomic E-state index is 2.57. The van der Waals surface area contributed by atoms with Gasteiger partial charge in [0, 0.05) is 25.5 Å². The van der Waals surface area contributed by atoms with Crippen molar-refractivity contribution in [1.82, 2.24) is 9.80 Å². The summed E-state index contributed by atoms with van der Waals surface area (Å²) in [7, 11) is 0. The average Bonchev–Trinajstić information content (AvgIpc) is 3.09. The summed E-state index contributed by atoms with van der Waals surface area (Å²) in [6, 6.07) is 10.8. The molecule has 2 nitrogen and oxygen atoms in total. The Morgan fingerprint density at radius 3 is 1.82 bits per heavy atom. The van der Waals surface area contributed by atoms with Gasteiger partial charge in [-0.05, 0) is 17.9 Å². The summed E-state index contributed by atoms with van der Waals surface area (Å²) in [6.45, 7) is 9.20. The van der Waals surface area contributed by atoms with Crippen molar-refractivity contribution in [3.63, 3.8) is 0 Å². The minimum Gasteiger partial charge on any atom is -0.356 e. The summed E-state index contributed by atoms with van der Waals surface area (Å²) in [6.07, 6.45) is 20.7. The van der Waals surface area contributed by atoms with Crippen LogP contribution in [0.4, 0.5) is 0 Å². The first kappa shape index (κ1) is 22.8. The first-order valence-corrected chi connectivity index (χ1v) is 12.0. The molecule has 0 spiro atoms. The number of benzene rings is 1. The molecule has 0 amide bonds. The fourth-order valence-electron chi connectivity index (χ4n) is 4.41. The van der Waals surface area contributed by atoms with E-state index in [9.17, 15) is 0 Å². The molecule has 1 unspecified atom stereocenters. The molecule has 0 radical (unpaired) electrons. The number of unbranched alkanes of at least 4 members (excludes halogenated alkanes) is 10. The molecular weight excluding hydrogens is 340 g/mol. The lowest BCUT2D eigenvalue weighted by Gasteiger charge is -2.36. The van der Waals surface area contributed by atoms with Gasteiger partial charge in [0.15, 0.2) is 0 Å². The van der Waals surface area contributed by atoms with Crippen molar-refractivity contribution >= 4 is 0 Å². The zero-order chi connectivity index (χ0) is 20.0. The van der Waals surface area contributed by atoms with Crippen LogP contribution in [0, 0.1) is 5.92 Å². The highest BCUT2D eigenvalue weighted by Gasteiger charge is 2.28. The predicted octanol–water partition coefficient (Wildman–Crippen LogP) is 7.57. The van der Waals surface area contributed by atoms with Crippen LogP contribution in [-0.2, 0) is 6.54 Å². The maximum Gasteiger partial charge on any atom is 0.103 e. The van der Waals surface area contributed by atoms with E-state index in [1.807, 2.05) is 0 Å². The highest BCUT2D eigenvalue weighted by atomic mass is 15.4. The monoisotopic (exact) mass is 384 g/mol. The number of hydrogen-bond acceptors (Lipinski definition) is 2. The van der Waals surface area contributed by atoms with Gasteiger partial charge in [-0.2, -0.15) is 0 Å². The van der Waals surface area contributed by atoms with Gasteiger partial charge >= 0.3 is 0 Å². The number of hydrogen-bond donors (Lipinski definition) is 0. The van der Waals surface area contributed by atoms with Crippen LogP contribution in [0.2, 0.25) is 0 Å². The zero-order valence-electron chi connectivity index (χ0n) is 18.8. The SMILES string of the molecule is CCCCCCCCCCCCCN1C=CN(Cc2ccccc2)C1C(C)C. The molecule has 0 aromatic heterocycles. The molecule has 1 aliphatic heterocycles. The standard InChI is InChI=1S/C26H44N2/c1-4-5-6-7-8-9-10-11-12-13-17-20-27-21-22-28(26(27)24(2)3)23-25-18-15-14-16-19-25/h14-16,18-19,21-22,24,26H,4-13,17,20,23H2,1-3H3. The Labute approximate surface area is 175 Å². The van der Waals surface area contributed by atoms with Crippen molar-refractivity contribution in [3.05, 3.63) is 48.3 Å². The minimum atomic E-state index is 0.503. The lowest BCUT2D eigenvalue weighted by Crippen LogP contribution is -2.42. The van der Waals surface area contributed by atoms with Crippen molar-refractivity contribution in [2.75, 3.05) is 6.54 Å². The van der Waals surface area contributed by atoms with Crippen LogP contribution in [0.5, 0.6) is 0 Å². The molecule has 158 valence electrons. The molecule has 0 aliphatic carbocycles. The highest BCUT2D eigenvalue weighted by molar-refractivity contribution is 5.16. The van der Waals surface area contributed by atoms with Crippen LogP contribution >= 0.6 is 0 Å². The first-order valence-electron chi connectivity index (χ1n) is 12.0. The fraction of sp³-hybridized carbons (Fsp3) is 0.692. The van der Waals surface area contributed by atoms with Crippen LogP contribution in [0.1, 0.15) is 97.0 Å². The Balaban J connectivity index is 1.58. The molecule has 1 aromatic rings. The Bertz CT molecular complexity index is 522. The van der Waals surface area contributed by atoms with Gasteiger partial charge in [-0.3, -0.25) is 0 Å². The van der Waals surface area contributed by atoms with E-state index >= 15 is 0 Å². The van der Waals surface area contributed by atoms with Crippen LogP contribution < -0.4 is 0 Å². The van der Waals surface area contributed by atoms with Gasteiger partial charge in [0.2, 0.25) is 0 Å². The minimum absolute atomic E-state index is 0.503. The molecule has 2 heteroatoms. The summed E-state index contributed by atoms with van der Waals surface area (Å²) in [5, 5.41) is 0. The van der Waals surface area contributed by atoms with E-state index in [1.54, 1.807) is 0 Å². The third kappa shape index (κ3) is 8.29. The molecular formula is C26H44N2. The van der Waals surface area contributed by atoms with Gasteiger partial charge < -0.3 is 9.80 Å². The summed E-state index contributed by atoms with van der Waals surface area (Å²) in [5.74, 6) is 0.631. The Morgan fingerprint density at radius 1 is 0.714 bits per heavy atom. The van der Waals surface area contributed by atoms with Gasteiger partial charge in [-0.25, -0.2) is 0 Å². The van der Waals surface area contributed by atoms with Crippen molar-refractivity contribution in [2.24, 2.45) is 5.92 Å². The second-order valence-corrected chi connectivity index (χ2v) is 8.89. The van der Waals surface area contributed by atoms with Crippen LogP contribution in [-0.4, -0.2) is 22.5 Å². The molecule has 1 heterocycles. The molecule has 2 rings (SSSR count). The predicted molar refractivity (Wildman–Crippen MR) is 123 cm³/mol. The van der Waals surface area contributed by atoms with Crippen molar-refractivity contribution < 1.29 is 0 Å². The topological polar surface area (TPSA) is 6.48 Å². The lowest BCUT2D eigenvalue weighted by atomic mass is 10.1. The van der Waals surface area contributed by atoms with E-state index < -0.39 is 0 Å². The van der Waals surface area contributed by atoms with Gasteiger partial charge in [0.05, 0.1) is 0 Å². The average molecular weight is 385 g/mol. The summed E-state index contributed by atoms with van der Waals surface area (Å²) < 4.78 is 0. The van der Waals surface area contributed by atoms with Crippen LogP contribution in [0.25, 0.3) is 0 Å². The second kappa shape index (κ2) is 13.7. The van der Waals surface area contributed by atoms with E-state index in [0.29, 0.717) is 12.1 Å². The van der Waals surface area contributed by atoms with E-state index in [0.717, 1.165) is 6.54 Å². The molecule has 1 aromatic carbocycles. The molecule has 1 atom stereocenters. The highest BCUT2D eigenvalue weighted by Crippen LogP contribution is 2.25. The number of nitrogens with zero attached hydrogens (tertiary/aromatic N) is 2. The molecule has 0 N–H and O–H groups in total. The zero-order valence-corrected chi connectivity index (χ0v) is 18.8.